The standard InChI is InChI=1S/C14H20N2O2/c1-3-18-8-4-7-16-11-12-5-6-13(10-15)14(9-12)17-2/h5-6,9,16H,3-4,7-8,11H2,1-2H3. The topological polar surface area (TPSA) is 54.3 Å². The summed E-state index contributed by atoms with van der Waals surface area (Å²) in [6, 6.07) is 7.73. The lowest BCUT2D eigenvalue weighted by Gasteiger charge is -2.08. The number of rotatable bonds is 8. The van der Waals surface area contributed by atoms with Crippen molar-refractivity contribution in [3.8, 4) is 11.8 Å². The monoisotopic (exact) mass is 248 g/mol. The second kappa shape index (κ2) is 8.51. The molecular formula is C14H20N2O2. The van der Waals surface area contributed by atoms with Crippen LogP contribution in [0.1, 0.15) is 24.5 Å². The van der Waals surface area contributed by atoms with Crippen LogP contribution in [0.4, 0.5) is 0 Å². The first-order chi connectivity index (χ1) is 8.81. The van der Waals surface area contributed by atoms with Crippen molar-refractivity contribution in [3.05, 3.63) is 29.3 Å². The summed E-state index contributed by atoms with van der Waals surface area (Å²) in [5, 5.41) is 12.2. The molecule has 0 unspecified atom stereocenters. The van der Waals surface area contributed by atoms with Crippen LogP contribution in [0.5, 0.6) is 5.75 Å². The maximum atomic E-state index is 8.88. The van der Waals surface area contributed by atoms with Gasteiger partial charge in [0.05, 0.1) is 12.7 Å². The summed E-state index contributed by atoms with van der Waals surface area (Å²) >= 11 is 0. The number of ether oxygens (including phenoxy) is 2. The Labute approximate surface area is 109 Å². The van der Waals surface area contributed by atoms with Crippen molar-refractivity contribution in [2.75, 3.05) is 26.9 Å². The Balaban J connectivity index is 2.37. The van der Waals surface area contributed by atoms with Crippen LogP contribution in [0.15, 0.2) is 18.2 Å². The first-order valence-electron chi connectivity index (χ1n) is 6.17. The van der Waals surface area contributed by atoms with Crippen molar-refractivity contribution >= 4 is 0 Å². The van der Waals surface area contributed by atoms with Crippen molar-refractivity contribution in [1.82, 2.24) is 5.32 Å². The third-order valence-electron chi connectivity index (χ3n) is 2.56. The number of nitrogens with one attached hydrogen (secondary N) is 1. The zero-order valence-corrected chi connectivity index (χ0v) is 11.0. The average molecular weight is 248 g/mol. The van der Waals surface area contributed by atoms with E-state index in [0.29, 0.717) is 11.3 Å². The molecule has 1 aromatic rings. The lowest BCUT2D eigenvalue weighted by Crippen LogP contribution is -2.16. The van der Waals surface area contributed by atoms with E-state index >= 15 is 0 Å². The second-order valence-corrected chi connectivity index (χ2v) is 3.87. The summed E-state index contributed by atoms with van der Waals surface area (Å²) < 4.78 is 10.4. The number of hydrogen-bond acceptors (Lipinski definition) is 4. The molecule has 4 nitrogen and oxygen atoms in total. The Bertz CT molecular complexity index is 399. The fourth-order valence-corrected chi connectivity index (χ4v) is 1.61. The van der Waals surface area contributed by atoms with Crippen molar-refractivity contribution < 1.29 is 9.47 Å². The van der Waals surface area contributed by atoms with Crippen LogP contribution in [0.25, 0.3) is 0 Å². The van der Waals surface area contributed by atoms with Gasteiger partial charge in [-0.05, 0) is 37.6 Å². The summed E-state index contributed by atoms with van der Waals surface area (Å²) in [5.41, 5.74) is 1.68. The van der Waals surface area contributed by atoms with E-state index in [0.717, 1.165) is 38.3 Å². The Kier molecular flexibility index (Phi) is 6.85. The van der Waals surface area contributed by atoms with Gasteiger partial charge in [0.25, 0.3) is 0 Å². The van der Waals surface area contributed by atoms with Crippen molar-refractivity contribution in [2.24, 2.45) is 0 Å². The highest BCUT2D eigenvalue weighted by Gasteiger charge is 2.03. The molecule has 0 atom stereocenters. The van der Waals surface area contributed by atoms with Crippen LogP contribution in [-0.4, -0.2) is 26.9 Å². The van der Waals surface area contributed by atoms with E-state index in [-0.39, 0.29) is 0 Å². The van der Waals surface area contributed by atoms with Gasteiger partial charge in [-0.2, -0.15) is 5.26 Å². The van der Waals surface area contributed by atoms with Gasteiger partial charge in [-0.15, -0.1) is 0 Å². The molecule has 0 saturated heterocycles. The average Bonchev–Trinajstić information content (AvgIpc) is 2.42. The first kappa shape index (κ1) is 14.5. The highest BCUT2D eigenvalue weighted by molar-refractivity contribution is 5.45. The Hall–Kier alpha value is -1.57. The van der Waals surface area contributed by atoms with E-state index in [4.69, 9.17) is 14.7 Å². The van der Waals surface area contributed by atoms with E-state index in [1.807, 2.05) is 19.1 Å². The summed E-state index contributed by atoms with van der Waals surface area (Å²) in [4.78, 5) is 0. The molecule has 0 aliphatic heterocycles. The number of benzene rings is 1. The highest BCUT2D eigenvalue weighted by atomic mass is 16.5. The lowest BCUT2D eigenvalue weighted by molar-refractivity contribution is 0.144. The largest absolute Gasteiger partial charge is 0.495 e. The Morgan fingerprint density at radius 3 is 2.89 bits per heavy atom. The molecule has 0 heterocycles. The Morgan fingerprint density at radius 2 is 2.22 bits per heavy atom. The van der Waals surface area contributed by atoms with E-state index in [2.05, 4.69) is 11.4 Å². The van der Waals surface area contributed by atoms with Gasteiger partial charge >= 0.3 is 0 Å². The minimum Gasteiger partial charge on any atom is -0.495 e. The second-order valence-electron chi connectivity index (χ2n) is 3.87. The van der Waals surface area contributed by atoms with Crippen molar-refractivity contribution in [3.63, 3.8) is 0 Å². The van der Waals surface area contributed by atoms with E-state index in [9.17, 15) is 0 Å². The number of nitrogens with zero attached hydrogens (tertiary/aromatic N) is 1. The molecule has 0 fully saturated rings. The van der Waals surface area contributed by atoms with Gasteiger partial charge in [0.1, 0.15) is 11.8 Å². The van der Waals surface area contributed by atoms with Crippen molar-refractivity contribution in [1.29, 1.82) is 5.26 Å². The molecule has 0 radical (unpaired) electrons. The molecule has 0 bridgehead atoms. The molecule has 4 heteroatoms. The smallest absolute Gasteiger partial charge is 0.136 e. The minimum atomic E-state index is 0.567. The van der Waals surface area contributed by atoms with E-state index in [1.165, 1.54) is 0 Å². The summed E-state index contributed by atoms with van der Waals surface area (Å²) in [7, 11) is 1.58. The van der Waals surface area contributed by atoms with Gasteiger partial charge in [0.2, 0.25) is 0 Å². The van der Waals surface area contributed by atoms with Gasteiger partial charge in [-0.3, -0.25) is 0 Å². The van der Waals surface area contributed by atoms with Gasteiger partial charge < -0.3 is 14.8 Å². The third-order valence-corrected chi connectivity index (χ3v) is 2.56. The van der Waals surface area contributed by atoms with Crippen molar-refractivity contribution in [2.45, 2.75) is 19.9 Å². The predicted molar refractivity (Wildman–Crippen MR) is 70.5 cm³/mol. The number of methoxy groups -OCH3 is 1. The van der Waals surface area contributed by atoms with E-state index < -0.39 is 0 Å². The third kappa shape index (κ3) is 4.74. The molecule has 0 aromatic heterocycles. The lowest BCUT2D eigenvalue weighted by atomic mass is 10.1. The molecule has 0 aliphatic carbocycles. The molecule has 18 heavy (non-hydrogen) atoms. The Morgan fingerprint density at radius 1 is 1.39 bits per heavy atom. The molecule has 1 N–H and O–H groups in total. The van der Waals surface area contributed by atoms with E-state index in [1.54, 1.807) is 13.2 Å². The molecule has 0 amide bonds. The maximum Gasteiger partial charge on any atom is 0.136 e. The quantitative estimate of drug-likeness (QED) is 0.716. The summed E-state index contributed by atoms with van der Waals surface area (Å²) in [5.74, 6) is 0.631. The highest BCUT2D eigenvalue weighted by Crippen LogP contribution is 2.18. The summed E-state index contributed by atoms with van der Waals surface area (Å²) in [6.45, 7) is 5.25. The molecule has 1 aromatic carbocycles. The molecule has 98 valence electrons. The van der Waals surface area contributed by atoms with Gasteiger partial charge in [0, 0.05) is 19.8 Å². The molecule has 0 saturated carbocycles. The van der Waals surface area contributed by atoms with Crippen LogP contribution < -0.4 is 10.1 Å². The first-order valence-corrected chi connectivity index (χ1v) is 6.17. The van der Waals surface area contributed by atoms with Gasteiger partial charge in [-0.1, -0.05) is 6.07 Å². The molecule has 1 rings (SSSR count). The van der Waals surface area contributed by atoms with Crippen LogP contribution in [-0.2, 0) is 11.3 Å². The maximum absolute atomic E-state index is 8.88. The summed E-state index contributed by atoms with van der Waals surface area (Å²) in [6.07, 6.45) is 1.00. The minimum absolute atomic E-state index is 0.567. The predicted octanol–water partition coefficient (Wildman–Crippen LogP) is 2.08. The molecule has 0 spiro atoms. The number of nitriles is 1. The van der Waals surface area contributed by atoms with Gasteiger partial charge in [0.15, 0.2) is 0 Å². The molecular weight excluding hydrogens is 228 g/mol. The molecule has 0 aliphatic rings. The SMILES string of the molecule is CCOCCCNCc1ccc(C#N)c(OC)c1. The normalized spacial score (nSPS) is 10.1. The number of hydrogen-bond donors (Lipinski definition) is 1. The fourth-order valence-electron chi connectivity index (χ4n) is 1.61. The fraction of sp³-hybridized carbons (Fsp3) is 0.500. The van der Waals surface area contributed by atoms with Crippen LogP contribution in [0, 0.1) is 11.3 Å². The zero-order chi connectivity index (χ0) is 13.2. The zero-order valence-electron chi connectivity index (χ0n) is 11.0. The van der Waals surface area contributed by atoms with Gasteiger partial charge in [-0.25, -0.2) is 0 Å². The van der Waals surface area contributed by atoms with Crippen LogP contribution in [0.3, 0.4) is 0 Å². The van der Waals surface area contributed by atoms with Crippen LogP contribution >= 0.6 is 0 Å². The van der Waals surface area contributed by atoms with Crippen LogP contribution in [0.2, 0.25) is 0 Å².